The maximum atomic E-state index is 13.4. The molecule has 31 heavy (non-hydrogen) atoms. The third-order valence-corrected chi connectivity index (χ3v) is 5.53. The van der Waals surface area contributed by atoms with Gasteiger partial charge in [-0.2, -0.15) is 0 Å². The van der Waals surface area contributed by atoms with Crippen molar-refractivity contribution in [3.8, 4) is 0 Å². The molecule has 0 saturated carbocycles. The number of carbonyl (C=O) groups is 4. The molecule has 0 unspecified atom stereocenters. The van der Waals surface area contributed by atoms with Crippen LogP contribution in [0.4, 0.5) is 0 Å². The number of aliphatic hydroxyl groups excluding tert-OH is 1. The van der Waals surface area contributed by atoms with E-state index in [0.29, 0.717) is 12.0 Å². The van der Waals surface area contributed by atoms with Gasteiger partial charge in [0.05, 0.1) is 6.54 Å². The van der Waals surface area contributed by atoms with Crippen LogP contribution in [-0.4, -0.2) is 77.3 Å². The Kier molecular flexibility index (Phi) is 8.15. The van der Waals surface area contributed by atoms with Crippen LogP contribution in [0.1, 0.15) is 38.9 Å². The lowest BCUT2D eigenvalue weighted by molar-refractivity contribution is -0.153. The van der Waals surface area contributed by atoms with Gasteiger partial charge < -0.3 is 25.5 Å². The van der Waals surface area contributed by atoms with Crippen molar-refractivity contribution in [3.63, 3.8) is 0 Å². The number of aliphatic hydroxyl groups is 1. The van der Waals surface area contributed by atoms with Gasteiger partial charge in [0.25, 0.3) is 0 Å². The number of rotatable bonds is 4. The summed E-state index contributed by atoms with van der Waals surface area (Å²) < 4.78 is 0. The van der Waals surface area contributed by atoms with E-state index in [1.165, 1.54) is 30.8 Å². The molecule has 1 aromatic carbocycles. The molecule has 0 aliphatic carbocycles. The first-order chi connectivity index (χ1) is 14.5. The second kappa shape index (κ2) is 10.4. The maximum absolute atomic E-state index is 13.4. The van der Waals surface area contributed by atoms with Crippen LogP contribution < -0.4 is 10.6 Å². The second-order valence-electron chi connectivity index (χ2n) is 8.34. The van der Waals surface area contributed by atoms with E-state index in [4.69, 9.17) is 0 Å². The van der Waals surface area contributed by atoms with Gasteiger partial charge in [0, 0.05) is 14.1 Å². The number of likely N-dealkylation sites (N-methyl/N-ethyl adjacent to an activating group) is 2. The number of carbonyl (C=O) groups excluding carboxylic acids is 4. The third-order valence-electron chi connectivity index (χ3n) is 5.53. The van der Waals surface area contributed by atoms with Crippen LogP contribution in [-0.2, 0) is 19.2 Å². The largest absolute Gasteiger partial charge is 0.386 e. The maximum Gasteiger partial charge on any atom is 0.248 e. The predicted octanol–water partition coefficient (Wildman–Crippen LogP) is 0.0546. The Bertz CT molecular complexity index is 813. The van der Waals surface area contributed by atoms with Gasteiger partial charge in [0.2, 0.25) is 23.6 Å². The Morgan fingerprint density at radius 1 is 1.03 bits per heavy atom. The Morgan fingerprint density at radius 3 is 2.23 bits per heavy atom. The van der Waals surface area contributed by atoms with E-state index in [0.717, 1.165) is 0 Å². The summed E-state index contributed by atoms with van der Waals surface area (Å²) in [6.07, 6.45) is -0.976. The van der Waals surface area contributed by atoms with Gasteiger partial charge in [-0.25, -0.2) is 0 Å². The molecular weight excluding hydrogens is 400 g/mol. The SMILES string of the molecule is CC(C)C[C@@H]1NC(=O)CNC(=O)[C@@H](C)N(C)C(=O)[C@H]([C@H](O)c2ccccc2)N(C)C1=O. The zero-order valence-electron chi connectivity index (χ0n) is 18.7. The summed E-state index contributed by atoms with van der Waals surface area (Å²) in [7, 11) is 2.87. The summed E-state index contributed by atoms with van der Waals surface area (Å²) in [5, 5.41) is 16.2. The van der Waals surface area contributed by atoms with Gasteiger partial charge >= 0.3 is 0 Å². The van der Waals surface area contributed by atoms with E-state index < -0.39 is 47.9 Å². The molecular formula is C22H32N4O5. The highest BCUT2D eigenvalue weighted by Crippen LogP contribution is 2.24. The van der Waals surface area contributed by atoms with Crippen molar-refractivity contribution in [2.24, 2.45) is 5.92 Å². The van der Waals surface area contributed by atoms with Crippen LogP contribution in [0.15, 0.2) is 30.3 Å². The molecule has 9 nitrogen and oxygen atoms in total. The molecule has 4 atom stereocenters. The van der Waals surface area contributed by atoms with E-state index in [1.807, 2.05) is 13.8 Å². The molecule has 2 rings (SSSR count). The van der Waals surface area contributed by atoms with E-state index in [9.17, 15) is 24.3 Å². The average Bonchev–Trinajstić information content (AvgIpc) is 2.74. The molecule has 1 aliphatic heterocycles. The van der Waals surface area contributed by atoms with Gasteiger partial charge in [0.15, 0.2) is 0 Å². The number of hydrogen-bond acceptors (Lipinski definition) is 5. The fourth-order valence-electron chi connectivity index (χ4n) is 3.56. The normalized spacial score (nSPS) is 24.9. The fraction of sp³-hybridized carbons (Fsp3) is 0.545. The summed E-state index contributed by atoms with van der Waals surface area (Å²) in [5.41, 5.74) is 0.461. The van der Waals surface area contributed by atoms with Crippen molar-refractivity contribution in [1.82, 2.24) is 20.4 Å². The standard InChI is InChI=1S/C22H32N4O5/c1-13(2)11-16-21(30)26(5)18(19(28)15-9-7-6-8-10-15)22(31)25(4)14(3)20(29)23-12-17(27)24-16/h6-10,13-14,16,18-19,28H,11-12H2,1-5H3,(H,23,29)(H,24,27)/t14-,16+,18+,19-/m1/s1. The summed E-state index contributed by atoms with van der Waals surface area (Å²) in [4.78, 5) is 53.9. The van der Waals surface area contributed by atoms with Crippen LogP contribution in [0.3, 0.4) is 0 Å². The van der Waals surface area contributed by atoms with E-state index in [1.54, 1.807) is 30.3 Å². The van der Waals surface area contributed by atoms with Crippen LogP contribution in [0.25, 0.3) is 0 Å². The first-order valence-electron chi connectivity index (χ1n) is 10.4. The summed E-state index contributed by atoms with van der Waals surface area (Å²) in [6.45, 7) is 5.04. The zero-order chi connectivity index (χ0) is 23.3. The van der Waals surface area contributed by atoms with Crippen LogP contribution >= 0.6 is 0 Å². The molecule has 0 spiro atoms. The highest BCUT2D eigenvalue weighted by Gasteiger charge is 2.41. The predicted molar refractivity (Wildman–Crippen MR) is 115 cm³/mol. The van der Waals surface area contributed by atoms with Crippen molar-refractivity contribution in [3.05, 3.63) is 35.9 Å². The summed E-state index contributed by atoms with van der Waals surface area (Å²) in [5.74, 6) is -1.98. The van der Waals surface area contributed by atoms with E-state index in [2.05, 4.69) is 10.6 Å². The molecule has 1 fully saturated rings. The number of nitrogens with one attached hydrogen (secondary N) is 2. The number of amides is 4. The number of nitrogens with zero attached hydrogens (tertiary/aromatic N) is 2. The Labute approximate surface area is 182 Å². The van der Waals surface area contributed by atoms with Crippen molar-refractivity contribution in [2.75, 3.05) is 20.6 Å². The van der Waals surface area contributed by atoms with Crippen LogP contribution in [0, 0.1) is 5.92 Å². The molecule has 4 amide bonds. The minimum atomic E-state index is -1.32. The lowest BCUT2D eigenvalue weighted by atomic mass is 9.97. The molecule has 170 valence electrons. The van der Waals surface area contributed by atoms with E-state index >= 15 is 0 Å². The summed E-state index contributed by atoms with van der Waals surface area (Å²) in [6, 6.07) is 5.48. The molecule has 3 N–H and O–H groups in total. The molecule has 9 heteroatoms. The van der Waals surface area contributed by atoms with Gasteiger partial charge in [-0.05, 0) is 24.8 Å². The monoisotopic (exact) mass is 432 g/mol. The topological polar surface area (TPSA) is 119 Å². The van der Waals surface area contributed by atoms with Gasteiger partial charge in [0.1, 0.15) is 24.2 Å². The third kappa shape index (κ3) is 5.81. The second-order valence-corrected chi connectivity index (χ2v) is 8.34. The van der Waals surface area contributed by atoms with Gasteiger partial charge in [-0.15, -0.1) is 0 Å². The number of hydrogen-bond donors (Lipinski definition) is 3. The smallest absolute Gasteiger partial charge is 0.248 e. The highest BCUT2D eigenvalue weighted by molar-refractivity contribution is 5.96. The first kappa shape index (κ1) is 24.3. The van der Waals surface area contributed by atoms with E-state index in [-0.39, 0.29) is 12.5 Å². The minimum Gasteiger partial charge on any atom is -0.386 e. The van der Waals surface area contributed by atoms with Crippen molar-refractivity contribution >= 4 is 23.6 Å². The number of benzene rings is 1. The van der Waals surface area contributed by atoms with Crippen LogP contribution in [0.2, 0.25) is 0 Å². The van der Waals surface area contributed by atoms with Crippen molar-refractivity contribution in [2.45, 2.75) is 51.4 Å². The molecule has 0 aromatic heterocycles. The Morgan fingerprint density at radius 2 is 1.65 bits per heavy atom. The molecule has 0 radical (unpaired) electrons. The quantitative estimate of drug-likeness (QED) is 0.621. The zero-order valence-corrected chi connectivity index (χ0v) is 18.7. The first-order valence-corrected chi connectivity index (χ1v) is 10.4. The van der Waals surface area contributed by atoms with Crippen molar-refractivity contribution < 1.29 is 24.3 Å². The Balaban J connectivity index is 2.51. The molecule has 1 aliphatic rings. The molecule has 1 heterocycles. The fourth-order valence-corrected chi connectivity index (χ4v) is 3.56. The van der Waals surface area contributed by atoms with Gasteiger partial charge in [-0.1, -0.05) is 44.2 Å². The highest BCUT2D eigenvalue weighted by atomic mass is 16.3. The lowest BCUT2D eigenvalue weighted by Gasteiger charge is -2.38. The molecule has 1 aromatic rings. The van der Waals surface area contributed by atoms with Gasteiger partial charge in [-0.3, -0.25) is 19.2 Å². The lowest BCUT2D eigenvalue weighted by Crippen LogP contribution is -2.60. The summed E-state index contributed by atoms with van der Waals surface area (Å²) >= 11 is 0. The Hall–Kier alpha value is -2.94. The van der Waals surface area contributed by atoms with Crippen molar-refractivity contribution in [1.29, 1.82) is 0 Å². The molecule has 0 bridgehead atoms. The average molecular weight is 433 g/mol. The van der Waals surface area contributed by atoms with Crippen LogP contribution in [0.5, 0.6) is 0 Å². The molecule has 1 saturated heterocycles. The minimum absolute atomic E-state index is 0.0843.